The molecule has 2 rings (SSSR count). The van der Waals surface area contributed by atoms with E-state index in [9.17, 15) is 4.79 Å². The fraction of sp³-hybridized carbons (Fsp3) is 0.778. The Morgan fingerprint density at radius 2 is 2.38 bits per heavy atom. The highest BCUT2D eigenvalue weighted by Crippen LogP contribution is 2.45. The summed E-state index contributed by atoms with van der Waals surface area (Å²) in [5.74, 6) is -0.106. The highest BCUT2D eigenvalue weighted by molar-refractivity contribution is 5.88. The van der Waals surface area contributed by atoms with E-state index in [-0.39, 0.29) is 11.9 Å². The molecule has 13 heavy (non-hydrogen) atoms. The minimum Gasteiger partial charge on any atom is -0.379 e. The van der Waals surface area contributed by atoms with Crippen LogP contribution >= 0.6 is 0 Å². The molecule has 1 saturated carbocycles. The minimum atomic E-state index is -0.692. The van der Waals surface area contributed by atoms with E-state index in [1.165, 1.54) is 0 Å². The molecule has 1 atom stereocenters. The van der Waals surface area contributed by atoms with Crippen LogP contribution in [-0.2, 0) is 9.53 Å². The Morgan fingerprint density at radius 3 is 2.85 bits per heavy atom. The van der Waals surface area contributed by atoms with Crippen molar-refractivity contribution >= 4 is 5.91 Å². The fourth-order valence-corrected chi connectivity index (χ4v) is 1.49. The molecule has 0 aromatic rings. The first-order valence-electron chi connectivity index (χ1n) is 4.57. The molecule has 2 fully saturated rings. The van der Waals surface area contributed by atoms with Crippen molar-refractivity contribution in [1.29, 1.82) is 5.26 Å². The molecule has 1 unspecified atom stereocenters. The average molecular weight is 180 g/mol. The molecule has 4 nitrogen and oxygen atoms in total. The van der Waals surface area contributed by atoms with Gasteiger partial charge in [-0.15, -0.1) is 0 Å². The van der Waals surface area contributed by atoms with Crippen LogP contribution in [0, 0.1) is 16.7 Å². The second-order valence-electron chi connectivity index (χ2n) is 3.73. The molecule has 70 valence electrons. The molecule has 4 heteroatoms. The van der Waals surface area contributed by atoms with Gasteiger partial charge < -0.3 is 10.1 Å². The number of hydrogen-bond acceptors (Lipinski definition) is 3. The number of ether oxygens (including phenoxy) is 1. The van der Waals surface area contributed by atoms with Gasteiger partial charge in [0.05, 0.1) is 18.7 Å². The quantitative estimate of drug-likeness (QED) is 0.660. The molecule has 1 aliphatic heterocycles. The zero-order chi connectivity index (χ0) is 9.31. The Morgan fingerprint density at radius 1 is 1.62 bits per heavy atom. The van der Waals surface area contributed by atoms with Gasteiger partial charge in [0.2, 0.25) is 5.91 Å². The number of nitriles is 1. The van der Waals surface area contributed by atoms with E-state index < -0.39 is 5.41 Å². The summed E-state index contributed by atoms with van der Waals surface area (Å²) in [6.45, 7) is 1.30. The van der Waals surface area contributed by atoms with Gasteiger partial charge in [0, 0.05) is 6.61 Å². The highest BCUT2D eigenvalue weighted by Gasteiger charge is 2.51. The van der Waals surface area contributed by atoms with E-state index in [0.717, 1.165) is 6.42 Å². The lowest BCUT2D eigenvalue weighted by atomic mass is 10.1. The van der Waals surface area contributed by atoms with Crippen molar-refractivity contribution in [3.8, 4) is 6.07 Å². The zero-order valence-electron chi connectivity index (χ0n) is 7.38. The number of amides is 1. The number of carbonyl (C=O) groups is 1. The van der Waals surface area contributed by atoms with Gasteiger partial charge in [-0.05, 0) is 19.3 Å². The Labute approximate surface area is 76.9 Å². The van der Waals surface area contributed by atoms with Crippen molar-refractivity contribution in [2.75, 3.05) is 13.2 Å². The minimum absolute atomic E-state index is 0.106. The zero-order valence-corrected chi connectivity index (χ0v) is 7.38. The van der Waals surface area contributed by atoms with Gasteiger partial charge in [-0.25, -0.2) is 0 Å². The summed E-state index contributed by atoms with van der Waals surface area (Å²) >= 11 is 0. The first kappa shape index (κ1) is 8.52. The van der Waals surface area contributed by atoms with Crippen LogP contribution in [0.5, 0.6) is 0 Å². The first-order chi connectivity index (χ1) is 6.27. The van der Waals surface area contributed by atoms with Crippen LogP contribution in [0.3, 0.4) is 0 Å². The summed E-state index contributed by atoms with van der Waals surface area (Å²) in [5, 5.41) is 11.6. The lowest BCUT2D eigenvalue weighted by Gasteiger charge is -2.12. The van der Waals surface area contributed by atoms with Crippen LogP contribution in [0.15, 0.2) is 0 Å². The van der Waals surface area contributed by atoms with Gasteiger partial charge in [-0.2, -0.15) is 5.26 Å². The van der Waals surface area contributed by atoms with Gasteiger partial charge >= 0.3 is 0 Å². The maximum atomic E-state index is 11.5. The fourth-order valence-electron chi connectivity index (χ4n) is 1.49. The van der Waals surface area contributed by atoms with Crippen LogP contribution in [0.1, 0.15) is 19.3 Å². The SMILES string of the molecule is N#CC1(C(=O)NC2CCOC2)CC1. The second kappa shape index (κ2) is 3.00. The summed E-state index contributed by atoms with van der Waals surface area (Å²) in [4.78, 5) is 11.5. The molecule has 0 bridgehead atoms. The molecule has 0 aromatic heterocycles. The van der Waals surface area contributed by atoms with Gasteiger partial charge in [0.15, 0.2) is 0 Å². The van der Waals surface area contributed by atoms with Crippen LogP contribution in [-0.4, -0.2) is 25.2 Å². The van der Waals surface area contributed by atoms with Crippen LogP contribution in [0.25, 0.3) is 0 Å². The predicted octanol–water partition coefficient (Wildman–Crippen LogP) is 0.195. The van der Waals surface area contributed by atoms with E-state index in [2.05, 4.69) is 11.4 Å². The summed E-state index contributed by atoms with van der Waals surface area (Å²) in [6.07, 6.45) is 2.29. The largest absolute Gasteiger partial charge is 0.379 e. The van der Waals surface area contributed by atoms with Crippen molar-refractivity contribution < 1.29 is 9.53 Å². The third-order valence-corrected chi connectivity index (χ3v) is 2.66. The number of carbonyl (C=O) groups excluding carboxylic acids is 1. The molecule has 1 amide bonds. The molecule has 0 aromatic carbocycles. The number of hydrogen-bond donors (Lipinski definition) is 1. The average Bonchev–Trinajstić information content (AvgIpc) is 2.79. The van der Waals surface area contributed by atoms with E-state index >= 15 is 0 Å². The monoisotopic (exact) mass is 180 g/mol. The van der Waals surface area contributed by atoms with E-state index in [1.807, 2.05) is 0 Å². The Bertz CT molecular complexity index is 259. The normalized spacial score (nSPS) is 29.3. The summed E-state index contributed by atoms with van der Waals surface area (Å²) in [5.41, 5.74) is -0.692. The molecule has 2 aliphatic rings. The number of nitrogens with one attached hydrogen (secondary N) is 1. The standard InChI is InChI=1S/C9H12N2O2/c10-6-9(2-3-9)8(12)11-7-1-4-13-5-7/h7H,1-5H2,(H,11,12). The number of rotatable bonds is 2. The maximum absolute atomic E-state index is 11.5. The molecular weight excluding hydrogens is 168 g/mol. The smallest absolute Gasteiger partial charge is 0.240 e. The summed E-state index contributed by atoms with van der Waals surface area (Å²) < 4.78 is 5.13. The summed E-state index contributed by atoms with van der Waals surface area (Å²) in [7, 11) is 0. The number of nitrogens with zero attached hydrogens (tertiary/aromatic N) is 1. The second-order valence-corrected chi connectivity index (χ2v) is 3.73. The van der Waals surface area contributed by atoms with Crippen LogP contribution in [0.4, 0.5) is 0 Å². The van der Waals surface area contributed by atoms with Crippen LogP contribution in [0.2, 0.25) is 0 Å². The maximum Gasteiger partial charge on any atom is 0.240 e. The van der Waals surface area contributed by atoms with Crippen LogP contribution < -0.4 is 5.32 Å². The van der Waals surface area contributed by atoms with Gasteiger partial charge in [0.1, 0.15) is 5.41 Å². The third-order valence-electron chi connectivity index (χ3n) is 2.66. The third kappa shape index (κ3) is 1.52. The Kier molecular flexibility index (Phi) is 1.97. The van der Waals surface area contributed by atoms with Gasteiger partial charge in [-0.3, -0.25) is 4.79 Å². The Balaban J connectivity index is 1.88. The molecule has 1 N–H and O–H groups in total. The molecule has 1 saturated heterocycles. The van der Waals surface area contributed by atoms with Gasteiger partial charge in [-0.1, -0.05) is 0 Å². The van der Waals surface area contributed by atoms with Gasteiger partial charge in [0.25, 0.3) is 0 Å². The molecule has 0 spiro atoms. The lowest BCUT2D eigenvalue weighted by molar-refractivity contribution is -0.125. The van der Waals surface area contributed by atoms with Crippen molar-refractivity contribution in [1.82, 2.24) is 5.32 Å². The van der Waals surface area contributed by atoms with Crippen molar-refractivity contribution in [2.24, 2.45) is 5.41 Å². The topological polar surface area (TPSA) is 62.1 Å². The molecule has 0 radical (unpaired) electrons. The first-order valence-corrected chi connectivity index (χ1v) is 4.57. The lowest BCUT2D eigenvalue weighted by Crippen LogP contribution is -2.39. The predicted molar refractivity (Wildman–Crippen MR) is 44.6 cm³/mol. The van der Waals surface area contributed by atoms with Crippen molar-refractivity contribution in [2.45, 2.75) is 25.3 Å². The van der Waals surface area contributed by atoms with E-state index in [1.54, 1.807) is 0 Å². The van der Waals surface area contributed by atoms with E-state index in [0.29, 0.717) is 26.1 Å². The molecular formula is C9H12N2O2. The Hall–Kier alpha value is -1.08. The van der Waals surface area contributed by atoms with E-state index in [4.69, 9.17) is 10.00 Å². The molecule has 1 heterocycles. The summed E-state index contributed by atoms with van der Waals surface area (Å²) in [6, 6.07) is 2.20. The molecule has 1 aliphatic carbocycles. The van der Waals surface area contributed by atoms with Crippen molar-refractivity contribution in [3.63, 3.8) is 0 Å². The highest BCUT2D eigenvalue weighted by atomic mass is 16.5. The van der Waals surface area contributed by atoms with Crippen molar-refractivity contribution in [3.05, 3.63) is 0 Å².